The lowest BCUT2D eigenvalue weighted by atomic mass is 10.2. The maximum absolute atomic E-state index is 13.1. The molecule has 0 aliphatic carbocycles. The van der Waals surface area contributed by atoms with E-state index in [1.807, 2.05) is 0 Å². The van der Waals surface area contributed by atoms with Gasteiger partial charge in [0.2, 0.25) is 10.0 Å². The van der Waals surface area contributed by atoms with Crippen LogP contribution in [0.25, 0.3) is 0 Å². The summed E-state index contributed by atoms with van der Waals surface area (Å²) in [5, 5.41) is 14.1. The van der Waals surface area contributed by atoms with Crippen molar-refractivity contribution in [2.45, 2.75) is 37.1 Å². The second-order valence-corrected chi connectivity index (χ2v) is 8.90. The Balaban J connectivity index is 1.83. The number of hydrogen-bond donors (Lipinski definition) is 1. The van der Waals surface area contributed by atoms with Crippen molar-refractivity contribution in [3.8, 4) is 5.75 Å². The number of nitro benzene ring substituents is 1. The van der Waals surface area contributed by atoms with Gasteiger partial charge in [-0.15, -0.1) is 0 Å². The minimum atomic E-state index is -3.59. The third-order valence-corrected chi connectivity index (χ3v) is 6.87. The molecule has 1 aliphatic heterocycles. The van der Waals surface area contributed by atoms with Gasteiger partial charge in [0.15, 0.2) is 0 Å². The van der Waals surface area contributed by atoms with Crippen molar-refractivity contribution in [3.63, 3.8) is 0 Å². The van der Waals surface area contributed by atoms with Crippen LogP contribution in [0.4, 0.5) is 11.4 Å². The van der Waals surface area contributed by atoms with E-state index in [1.54, 1.807) is 34.6 Å². The van der Waals surface area contributed by atoms with Crippen LogP contribution in [0.3, 0.4) is 0 Å². The molecular formula is C20H25N3O5S. The van der Waals surface area contributed by atoms with Gasteiger partial charge in [-0.1, -0.05) is 25.0 Å². The average Bonchev–Trinajstić information content (AvgIpc) is 3.02. The first kappa shape index (κ1) is 21.1. The quantitative estimate of drug-likeness (QED) is 0.541. The zero-order chi connectivity index (χ0) is 20.9. The highest BCUT2D eigenvalue weighted by Crippen LogP contribution is 2.30. The average molecular weight is 420 g/mol. The summed E-state index contributed by atoms with van der Waals surface area (Å²) < 4.78 is 33.0. The highest BCUT2D eigenvalue weighted by atomic mass is 32.2. The molecule has 0 spiro atoms. The number of rotatable bonds is 7. The maximum Gasteiger partial charge on any atom is 0.269 e. The first-order valence-electron chi connectivity index (χ1n) is 9.57. The molecule has 0 aromatic heterocycles. The lowest BCUT2D eigenvalue weighted by Crippen LogP contribution is -2.32. The number of non-ortho nitro benzene ring substituents is 1. The molecule has 1 heterocycles. The largest absolute Gasteiger partial charge is 0.495 e. The standard InChI is InChI=1S/C20H25N3O5S/c1-28-20-10-9-18(29(26,27)22-11-4-2-3-5-12-22)14-19(20)21-15-16-7-6-8-17(13-16)23(24)25/h6-10,13-14,21H,2-5,11-12,15H2,1H3. The molecule has 1 aliphatic rings. The van der Waals surface area contributed by atoms with Gasteiger partial charge in [-0.05, 0) is 36.6 Å². The van der Waals surface area contributed by atoms with Gasteiger partial charge in [-0.2, -0.15) is 4.31 Å². The Bertz CT molecular complexity index is 970. The van der Waals surface area contributed by atoms with E-state index >= 15 is 0 Å². The van der Waals surface area contributed by atoms with E-state index in [9.17, 15) is 18.5 Å². The number of nitrogens with one attached hydrogen (secondary N) is 1. The van der Waals surface area contributed by atoms with Crippen LogP contribution in [0.1, 0.15) is 31.2 Å². The number of sulfonamides is 1. The number of anilines is 1. The molecule has 0 saturated carbocycles. The number of methoxy groups -OCH3 is 1. The Hall–Kier alpha value is -2.65. The second kappa shape index (κ2) is 9.23. The van der Waals surface area contributed by atoms with Crippen molar-refractivity contribution in [1.82, 2.24) is 4.31 Å². The van der Waals surface area contributed by atoms with Crippen LogP contribution in [-0.2, 0) is 16.6 Å². The van der Waals surface area contributed by atoms with Crippen molar-refractivity contribution in [2.24, 2.45) is 0 Å². The van der Waals surface area contributed by atoms with Gasteiger partial charge in [0.1, 0.15) is 5.75 Å². The summed E-state index contributed by atoms with van der Waals surface area (Å²) in [5.74, 6) is 0.505. The molecule has 0 unspecified atom stereocenters. The highest BCUT2D eigenvalue weighted by Gasteiger charge is 2.26. The fourth-order valence-corrected chi connectivity index (χ4v) is 4.94. The van der Waals surface area contributed by atoms with Gasteiger partial charge in [-0.3, -0.25) is 10.1 Å². The van der Waals surface area contributed by atoms with Crippen LogP contribution in [0.2, 0.25) is 0 Å². The van der Waals surface area contributed by atoms with E-state index in [1.165, 1.54) is 19.2 Å². The number of hydrogen-bond acceptors (Lipinski definition) is 6. The predicted octanol–water partition coefficient (Wildman–Crippen LogP) is 3.78. The summed E-state index contributed by atoms with van der Waals surface area (Å²) in [5.41, 5.74) is 1.24. The van der Waals surface area contributed by atoms with Crippen LogP contribution in [0.15, 0.2) is 47.4 Å². The van der Waals surface area contributed by atoms with Crippen molar-refractivity contribution < 1.29 is 18.1 Å². The van der Waals surface area contributed by atoms with Gasteiger partial charge >= 0.3 is 0 Å². The van der Waals surface area contributed by atoms with E-state index in [0.717, 1.165) is 25.7 Å². The van der Waals surface area contributed by atoms with Crippen LogP contribution < -0.4 is 10.1 Å². The zero-order valence-corrected chi connectivity index (χ0v) is 17.2. The number of ether oxygens (including phenoxy) is 1. The SMILES string of the molecule is COc1ccc(S(=O)(=O)N2CCCCCC2)cc1NCc1cccc([N+](=O)[O-])c1. The Labute approximate surface area is 170 Å². The van der Waals surface area contributed by atoms with E-state index in [2.05, 4.69) is 5.32 Å². The topological polar surface area (TPSA) is 102 Å². The third-order valence-electron chi connectivity index (χ3n) is 4.98. The molecule has 1 N–H and O–H groups in total. The summed E-state index contributed by atoms with van der Waals surface area (Å²) in [4.78, 5) is 10.7. The van der Waals surface area contributed by atoms with Crippen molar-refractivity contribution >= 4 is 21.4 Å². The maximum atomic E-state index is 13.1. The minimum Gasteiger partial charge on any atom is -0.495 e. The summed E-state index contributed by atoms with van der Waals surface area (Å²) >= 11 is 0. The second-order valence-electron chi connectivity index (χ2n) is 6.96. The number of nitro groups is 1. The first-order valence-corrected chi connectivity index (χ1v) is 11.0. The summed E-state index contributed by atoms with van der Waals surface area (Å²) in [6, 6.07) is 11.0. The van der Waals surface area contributed by atoms with Gasteiger partial charge in [-0.25, -0.2) is 8.42 Å². The Morgan fingerprint density at radius 1 is 1.10 bits per heavy atom. The molecule has 0 amide bonds. The monoisotopic (exact) mass is 419 g/mol. The molecule has 1 fully saturated rings. The zero-order valence-electron chi connectivity index (χ0n) is 16.3. The summed E-state index contributed by atoms with van der Waals surface area (Å²) in [6.07, 6.45) is 3.83. The molecule has 2 aromatic carbocycles. The van der Waals surface area contributed by atoms with E-state index in [4.69, 9.17) is 4.74 Å². The Kier molecular flexibility index (Phi) is 6.71. The van der Waals surface area contributed by atoms with Gasteiger partial charge in [0.25, 0.3) is 5.69 Å². The van der Waals surface area contributed by atoms with Crippen LogP contribution in [0, 0.1) is 10.1 Å². The molecule has 2 aromatic rings. The smallest absolute Gasteiger partial charge is 0.269 e. The fraction of sp³-hybridized carbons (Fsp3) is 0.400. The van der Waals surface area contributed by atoms with Crippen molar-refractivity contribution in [1.29, 1.82) is 0 Å². The third kappa shape index (κ3) is 5.04. The molecule has 3 rings (SSSR count). The Morgan fingerprint density at radius 3 is 2.48 bits per heavy atom. The molecule has 0 radical (unpaired) electrons. The van der Waals surface area contributed by atoms with E-state index < -0.39 is 14.9 Å². The van der Waals surface area contributed by atoms with E-state index in [0.29, 0.717) is 36.6 Å². The van der Waals surface area contributed by atoms with E-state index in [-0.39, 0.29) is 10.6 Å². The van der Waals surface area contributed by atoms with Crippen molar-refractivity contribution in [3.05, 3.63) is 58.1 Å². The summed E-state index contributed by atoms with van der Waals surface area (Å²) in [7, 11) is -2.07. The molecule has 8 nitrogen and oxygen atoms in total. The molecule has 29 heavy (non-hydrogen) atoms. The van der Waals surface area contributed by atoms with Gasteiger partial charge in [0.05, 0.1) is 22.6 Å². The Morgan fingerprint density at radius 2 is 1.83 bits per heavy atom. The van der Waals surface area contributed by atoms with Crippen LogP contribution in [0.5, 0.6) is 5.75 Å². The molecular weight excluding hydrogens is 394 g/mol. The fourth-order valence-electron chi connectivity index (χ4n) is 3.39. The molecule has 0 bridgehead atoms. The van der Waals surface area contributed by atoms with Crippen LogP contribution >= 0.6 is 0 Å². The first-order chi connectivity index (χ1) is 13.9. The molecule has 1 saturated heterocycles. The predicted molar refractivity (Wildman–Crippen MR) is 111 cm³/mol. The lowest BCUT2D eigenvalue weighted by molar-refractivity contribution is -0.384. The summed E-state index contributed by atoms with van der Waals surface area (Å²) in [6.45, 7) is 1.36. The van der Waals surface area contributed by atoms with Gasteiger partial charge < -0.3 is 10.1 Å². The molecule has 9 heteroatoms. The van der Waals surface area contributed by atoms with Crippen molar-refractivity contribution in [2.75, 3.05) is 25.5 Å². The van der Waals surface area contributed by atoms with Crippen LogP contribution in [-0.4, -0.2) is 37.8 Å². The number of benzene rings is 2. The highest BCUT2D eigenvalue weighted by molar-refractivity contribution is 7.89. The normalized spacial score (nSPS) is 15.5. The molecule has 156 valence electrons. The lowest BCUT2D eigenvalue weighted by Gasteiger charge is -2.21. The molecule has 0 atom stereocenters. The number of nitrogens with zero attached hydrogens (tertiary/aromatic N) is 2. The minimum absolute atomic E-state index is 0.00811. The van der Waals surface area contributed by atoms with Gasteiger partial charge in [0, 0.05) is 31.8 Å².